The zero-order chi connectivity index (χ0) is 79.9. The van der Waals surface area contributed by atoms with Crippen molar-refractivity contribution >= 4 is 39.5 Å². The molecule has 0 bridgehead atoms. The Morgan fingerprint density at radius 2 is 0.422 bits per heavy atom. The normalized spacial score (nSPS) is 13.8. The Labute approximate surface area is 670 Å². The number of hydrogen-bond acceptors (Lipinski definition) is 15. The Bertz CT molecular complexity index is 2080. The van der Waals surface area contributed by atoms with Gasteiger partial charge in [-0.2, -0.15) is 0 Å². The number of esters is 4. The number of unbranched alkanes of at least 4 members (excludes halogenated alkanes) is 59. The van der Waals surface area contributed by atoms with Gasteiger partial charge in [-0.05, 0) is 37.5 Å². The fraction of sp³-hybridized carbons (Fsp3) is 0.956. The summed E-state index contributed by atoms with van der Waals surface area (Å²) in [5.74, 6) is -0.490. The third-order valence-corrected chi connectivity index (χ3v) is 23.1. The molecule has 0 radical (unpaired) electrons. The molecule has 5 atom stereocenters. The van der Waals surface area contributed by atoms with E-state index >= 15 is 0 Å². The molecule has 3 N–H and O–H groups in total. The first-order valence-electron chi connectivity index (χ1n) is 46.5. The Hall–Kier alpha value is -1.94. The van der Waals surface area contributed by atoms with E-state index in [1.165, 1.54) is 302 Å². The van der Waals surface area contributed by atoms with Gasteiger partial charge in [0.1, 0.15) is 19.3 Å². The second-order valence-electron chi connectivity index (χ2n) is 33.3. The molecule has 0 aliphatic heterocycles. The van der Waals surface area contributed by atoms with Crippen molar-refractivity contribution in [3.63, 3.8) is 0 Å². The molecule has 0 aromatic rings. The Morgan fingerprint density at radius 3 is 0.624 bits per heavy atom. The third-order valence-electron chi connectivity index (χ3n) is 21.2. The largest absolute Gasteiger partial charge is 0.472 e. The van der Waals surface area contributed by atoms with Gasteiger partial charge in [-0.15, -0.1) is 0 Å². The molecule has 0 aliphatic carbocycles. The van der Waals surface area contributed by atoms with Crippen molar-refractivity contribution in [2.45, 2.75) is 503 Å². The van der Waals surface area contributed by atoms with E-state index in [0.29, 0.717) is 25.7 Å². The first-order chi connectivity index (χ1) is 52.9. The first-order valence-corrected chi connectivity index (χ1v) is 49.5. The van der Waals surface area contributed by atoms with Crippen LogP contribution in [-0.2, 0) is 65.4 Å². The fourth-order valence-corrected chi connectivity index (χ4v) is 15.7. The molecule has 109 heavy (non-hydrogen) atoms. The number of carbonyl (C=O) groups excluding carboxylic acids is 4. The number of aliphatic hydroxyl groups is 1. The van der Waals surface area contributed by atoms with E-state index in [1.807, 2.05) is 0 Å². The lowest BCUT2D eigenvalue weighted by atomic mass is 10.0. The van der Waals surface area contributed by atoms with Gasteiger partial charge < -0.3 is 33.8 Å². The highest BCUT2D eigenvalue weighted by molar-refractivity contribution is 7.47. The van der Waals surface area contributed by atoms with Crippen molar-refractivity contribution in [1.29, 1.82) is 0 Å². The van der Waals surface area contributed by atoms with Gasteiger partial charge in [0.05, 0.1) is 26.4 Å². The molecule has 0 rings (SSSR count). The van der Waals surface area contributed by atoms with Gasteiger partial charge in [-0.1, -0.05) is 433 Å². The summed E-state index contributed by atoms with van der Waals surface area (Å²) >= 11 is 0. The highest BCUT2D eigenvalue weighted by Gasteiger charge is 2.31. The molecule has 19 heteroatoms. The highest BCUT2D eigenvalue weighted by atomic mass is 31.2. The fourth-order valence-electron chi connectivity index (χ4n) is 14.1. The average Bonchev–Trinajstić information content (AvgIpc) is 0.899. The number of aliphatic hydroxyl groups excluding tert-OH is 1. The first kappa shape index (κ1) is 107. The van der Waals surface area contributed by atoms with E-state index in [4.69, 9.17) is 37.0 Å². The summed E-state index contributed by atoms with van der Waals surface area (Å²) in [5.41, 5.74) is 0. The molecular formula is C90H176O17P2. The van der Waals surface area contributed by atoms with Crippen molar-refractivity contribution in [1.82, 2.24) is 0 Å². The van der Waals surface area contributed by atoms with Crippen LogP contribution in [0.25, 0.3) is 0 Å². The van der Waals surface area contributed by atoms with Gasteiger partial charge in [0, 0.05) is 25.7 Å². The molecule has 648 valence electrons. The van der Waals surface area contributed by atoms with Gasteiger partial charge >= 0.3 is 39.5 Å². The summed E-state index contributed by atoms with van der Waals surface area (Å²) in [5, 5.41) is 10.7. The number of carbonyl (C=O) groups is 4. The van der Waals surface area contributed by atoms with E-state index in [9.17, 15) is 43.2 Å². The minimum Gasteiger partial charge on any atom is -0.462 e. The van der Waals surface area contributed by atoms with Crippen LogP contribution in [0.4, 0.5) is 0 Å². The third kappa shape index (κ3) is 83.8. The van der Waals surface area contributed by atoms with Crippen LogP contribution in [0.1, 0.15) is 485 Å². The van der Waals surface area contributed by atoms with E-state index in [0.717, 1.165) is 102 Å². The van der Waals surface area contributed by atoms with Crippen LogP contribution in [0.5, 0.6) is 0 Å². The van der Waals surface area contributed by atoms with Crippen LogP contribution in [0.3, 0.4) is 0 Å². The van der Waals surface area contributed by atoms with Crippen LogP contribution in [0.15, 0.2) is 0 Å². The quantitative estimate of drug-likeness (QED) is 0.0222. The number of hydrogen-bond donors (Lipinski definition) is 3. The molecule has 0 saturated carbocycles. The van der Waals surface area contributed by atoms with Gasteiger partial charge in [0.15, 0.2) is 12.2 Å². The van der Waals surface area contributed by atoms with E-state index in [1.54, 1.807) is 0 Å². The number of phosphoric acid groups is 2. The summed E-state index contributed by atoms with van der Waals surface area (Å²) < 4.78 is 69.0. The number of ether oxygens (including phenoxy) is 4. The molecular weight excluding hydrogens is 1410 g/mol. The SMILES string of the molecule is CCCCCCCCCCCCCCCCCCCCCCCC(=O)OC[C@H](COP(=O)(O)OC[C@@H](O)COP(=O)(O)OC[C@@H](COC(=O)CCCCCCCCCCCCC)OC(=O)CCCCCCCCCCCCCCCC(C)C)OC(=O)CCCCCCCCCCCCCCCCCCCCC(C)C. The number of phosphoric ester groups is 2. The second kappa shape index (κ2) is 81.2. The Balaban J connectivity index is 5.23. The van der Waals surface area contributed by atoms with Crippen molar-refractivity contribution in [2.75, 3.05) is 39.6 Å². The second-order valence-corrected chi connectivity index (χ2v) is 36.2. The van der Waals surface area contributed by atoms with Crippen LogP contribution in [0.2, 0.25) is 0 Å². The molecule has 0 spiro atoms. The summed E-state index contributed by atoms with van der Waals surface area (Å²) in [4.78, 5) is 73.4. The molecule has 0 aromatic carbocycles. The van der Waals surface area contributed by atoms with Gasteiger partial charge in [0.2, 0.25) is 0 Å². The molecule has 0 heterocycles. The maximum atomic E-state index is 13.2. The minimum atomic E-state index is -4.97. The summed E-state index contributed by atoms with van der Waals surface area (Å²) in [6.45, 7) is 9.74. The molecule has 2 unspecified atom stereocenters. The summed E-state index contributed by atoms with van der Waals surface area (Å²) in [6.07, 6.45) is 75.1. The Kier molecular flexibility index (Phi) is 79.8. The predicted octanol–water partition coefficient (Wildman–Crippen LogP) is 27.8. The Morgan fingerprint density at radius 1 is 0.248 bits per heavy atom. The smallest absolute Gasteiger partial charge is 0.462 e. The van der Waals surface area contributed by atoms with E-state index < -0.39 is 97.5 Å². The van der Waals surface area contributed by atoms with Crippen molar-refractivity contribution < 1.29 is 80.2 Å². The van der Waals surface area contributed by atoms with Crippen LogP contribution in [0, 0.1) is 11.8 Å². The lowest BCUT2D eigenvalue weighted by Crippen LogP contribution is -2.30. The van der Waals surface area contributed by atoms with Crippen LogP contribution >= 0.6 is 15.6 Å². The maximum absolute atomic E-state index is 13.2. The zero-order valence-corrected chi connectivity index (χ0v) is 73.7. The standard InChI is InChI=1S/C90H176O17P2/c1-7-9-11-13-15-17-19-20-21-22-23-24-25-29-32-37-43-49-55-61-67-73-88(93)101-79-86(107-89(94)74-68-62-56-50-44-38-33-30-27-26-28-31-35-41-46-52-58-64-70-82(3)4)81-105-109(98,99)103-77-84(91)76-102-108(96,97)104-80-85(78-100-87(92)72-66-60-54-48-40-18-16-14-12-10-8-2)106-90(95)75-69-63-57-51-45-39-34-36-42-47-53-59-65-71-83(5)6/h82-86,91H,7-81H2,1-6H3,(H,96,97)(H,98,99)/t84-,85+,86+/m0/s1. The maximum Gasteiger partial charge on any atom is 0.472 e. The summed E-state index contributed by atoms with van der Waals surface area (Å²) in [7, 11) is -9.93. The van der Waals surface area contributed by atoms with Crippen molar-refractivity contribution in [2.24, 2.45) is 11.8 Å². The molecule has 17 nitrogen and oxygen atoms in total. The van der Waals surface area contributed by atoms with E-state index in [2.05, 4.69) is 41.5 Å². The zero-order valence-electron chi connectivity index (χ0n) is 71.9. The van der Waals surface area contributed by atoms with Gasteiger partial charge in [-0.25, -0.2) is 9.13 Å². The molecule has 0 aromatic heterocycles. The van der Waals surface area contributed by atoms with Gasteiger partial charge in [0.25, 0.3) is 0 Å². The molecule has 0 saturated heterocycles. The molecule has 0 amide bonds. The highest BCUT2D eigenvalue weighted by Crippen LogP contribution is 2.45. The molecule has 0 fully saturated rings. The van der Waals surface area contributed by atoms with Crippen LogP contribution in [-0.4, -0.2) is 96.7 Å². The van der Waals surface area contributed by atoms with Gasteiger partial charge in [-0.3, -0.25) is 37.3 Å². The van der Waals surface area contributed by atoms with E-state index in [-0.39, 0.29) is 25.7 Å². The summed E-state index contributed by atoms with van der Waals surface area (Å²) in [6, 6.07) is 0. The number of rotatable bonds is 89. The lowest BCUT2D eigenvalue weighted by Gasteiger charge is -2.21. The topological polar surface area (TPSA) is 237 Å². The van der Waals surface area contributed by atoms with Crippen molar-refractivity contribution in [3.05, 3.63) is 0 Å². The average molecular weight is 1590 g/mol. The van der Waals surface area contributed by atoms with Crippen LogP contribution < -0.4 is 0 Å². The minimum absolute atomic E-state index is 0.108. The van der Waals surface area contributed by atoms with Crippen molar-refractivity contribution in [3.8, 4) is 0 Å². The monoisotopic (exact) mass is 1590 g/mol. The predicted molar refractivity (Wildman–Crippen MR) is 451 cm³/mol. The lowest BCUT2D eigenvalue weighted by molar-refractivity contribution is -0.161. The molecule has 0 aliphatic rings.